The number of amides is 5. The van der Waals surface area contributed by atoms with E-state index in [0.29, 0.717) is 6.92 Å². The van der Waals surface area contributed by atoms with Crippen LogP contribution in [0, 0.1) is 0 Å². The molecule has 5 amide bonds. The van der Waals surface area contributed by atoms with Crippen molar-refractivity contribution in [2.45, 2.75) is 321 Å². The van der Waals surface area contributed by atoms with Gasteiger partial charge in [0, 0.05) is 53.4 Å². The van der Waals surface area contributed by atoms with Crippen molar-refractivity contribution in [2.24, 2.45) is 0 Å². The molecule has 0 aromatic heterocycles. The Kier molecular flexibility index (Phi) is 37.9. The predicted molar refractivity (Wildman–Crippen MR) is 393 cm³/mol. The van der Waals surface area contributed by atoms with Gasteiger partial charge in [0.05, 0.1) is 101 Å². The van der Waals surface area contributed by atoms with Gasteiger partial charge in [-0.05, 0) is 0 Å². The predicted octanol–water partition coefficient (Wildman–Crippen LogP) is -21.9. The Hall–Kier alpha value is -6.41. The van der Waals surface area contributed by atoms with Gasteiger partial charge in [-0.2, -0.15) is 0 Å². The maximum Gasteiger partial charge on any atom is 0.364 e. The average Bonchev–Trinajstić information content (AvgIpc) is 0.738. The molecule has 35 N–H and O–H groups in total. The fourth-order valence-electron chi connectivity index (χ4n) is 16.2. The summed E-state index contributed by atoms with van der Waals surface area (Å²) >= 11 is 0. The van der Waals surface area contributed by atoms with Gasteiger partial charge in [-0.15, -0.1) is 0 Å². The molecule has 0 unspecified atom stereocenters. The molecule has 742 valence electrons. The molecule has 8 aliphatic heterocycles. The van der Waals surface area contributed by atoms with E-state index in [-0.39, 0.29) is 0 Å². The van der Waals surface area contributed by atoms with Crippen molar-refractivity contribution in [1.82, 2.24) is 26.6 Å². The highest BCUT2D eigenvalue weighted by molar-refractivity contribution is 5.80. The van der Waals surface area contributed by atoms with Crippen LogP contribution in [-0.2, 0) is 114 Å². The number of hydrogen-bond donors (Lipinski definition) is 35. The second-order valence-corrected chi connectivity index (χ2v) is 31.8. The Morgan fingerprint density at radius 2 is 0.690 bits per heavy atom. The van der Waals surface area contributed by atoms with E-state index in [4.69, 9.17) is 71.1 Å². The highest BCUT2D eigenvalue weighted by Gasteiger charge is 2.67. The number of aliphatic hydroxyl groups is 26. The summed E-state index contributed by atoms with van der Waals surface area (Å²) in [6, 6.07) is -10.7. The van der Waals surface area contributed by atoms with Crippen molar-refractivity contribution in [2.75, 3.05) is 59.5 Å². The number of carbonyl (C=O) groups excluding carboxylic acids is 5. The third kappa shape index (κ3) is 23.8. The van der Waals surface area contributed by atoms with Crippen LogP contribution in [0.4, 0.5) is 0 Å². The molecule has 0 spiro atoms. The van der Waals surface area contributed by atoms with Crippen LogP contribution in [0.15, 0.2) is 0 Å². The first kappa shape index (κ1) is 108. The van der Waals surface area contributed by atoms with Crippen molar-refractivity contribution in [3.8, 4) is 0 Å². The molecule has 0 aliphatic carbocycles. The van der Waals surface area contributed by atoms with Crippen LogP contribution < -0.4 is 26.6 Å². The lowest BCUT2D eigenvalue weighted by Gasteiger charge is -2.53. The SMILES string of the molecule is CC(=O)N[C@H]1[C@H](O[C@@H]2[C@H](O[C@]3(C(=O)O)C[C@H](O)[C@@H](NC(C)=O)[C@H]([C@H](O)[C@@H](CO)O[C@]4(C(=O)O)C[C@H](O)[C@@H](NC(C)=O)[C@H]([C@H](O)[C@H](O)CO)O4)O3)[C@@H](O)[C@H](O[C@H]3[C@H](O)[C@@H](O)[C@H](O)O[C@@H]3CO)O[C@@H]2CO)O[C@H](CO[C@]2(C(=O)O)C[C@H](O)[C@@H](NC(C)=O)[C@H]([C@H](O)[C@H](O)CO)O2)[C@H](O)[C@@H]1O[C@@H]1O[C@H](CO)[C@H](O)[C@H](O[C@]2(C(=O)O)C[C@H](O)[C@@H](NC(=O)CO)[C@H]([C@H](O)[C@H](O)CO)O2)[C@H]1O. The van der Waals surface area contributed by atoms with E-state index >= 15 is 0 Å². The number of nitrogens with one attached hydrogen (secondary N) is 5. The van der Waals surface area contributed by atoms with Gasteiger partial charge in [-0.25, -0.2) is 19.2 Å². The van der Waals surface area contributed by atoms with Gasteiger partial charge < -0.3 is 251 Å². The first-order valence-electron chi connectivity index (χ1n) is 39.8. The molecule has 8 fully saturated rings. The zero-order chi connectivity index (χ0) is 96.6. The van der Waals surface area contributed by atoms with Gasteiger partial charge in [-0.3, -0.25) is 24.0 Å². The quantitative estimate of drug-likeness (QED) is 0.0271. The largest absolute Gasteiger partial charge is 0.477 e. The Morgan fingerprint density at radius 1 is 0.349 bits per heavy atom. The molecule has 8 heterocycles. The van der Waals surface area contributed by atoms with E-state index < -0.39 is 406 Å². The molecule has 59 nitrogen and oxygen atoms in total. The highest BCUT2D eigenvalue weighted by atomic mass is 16.8. The molecule has 0 bridgehead atoms. The lowest BCUT2D eigenvalue weighted by molar-refractivity contribution is -0.406. The second-order valence-electron chi connectivity index (χ2n) is 31.8. The van der Waals surface area contributed by atoms with Gasteiger partial charge in [0.2, 0.25) is 29.5 Å². The van der Waals surface area contributed by atoms with E-state index in [2.05, 4.69) is 21.3 Å². The third-order valence-electron chi connectivity index (χ3n) is 22.7. The minimum absolute atomic E-state index is 0.694. The molecule has 8 rings (SSSR count). The van der Waals surface area contributed by atoms with Crippen LogP contribution in [0.3, 0.4) is 0 Å². The van der Waals surface area contributed by atoms with Crippen molar-refractivity contribution in [1.29, 1.82) is 0 Å². The Balaban J connectivity index is 1.30. The van der Waals surface area contributed by atoms with Crippen LogP contribution in [0.5, 0.6) is 0 Å². The summed E-state index contributed by atoms with van der Waals surface area (Å²) < 4.78 is 88.4. The van der Waals surface area contributed by atoms with Crippen LogP contribution in [0.2, 0.25) is 0 Å². The van der Waals surface area contributed by atoms with Gasteiger partial charge in [0.1, 0.15) is 177 Å². The Bertz CT molecular complexity index is 3740. The van der Waals surface area contributed by atoms with E-state index in [1.165, 1.54) is 0 Å². The minimum Gasteiger partial charge on any atom is -0.477 e. The topological polar surface area (TPSA) is 959 Å². The summed E-state index contributed by atoms with van der Waals surface area (Å²) in [7, 11) is 0. The molecule has 129 heavy (non-hydrogen) atoms. The number of aliphatic hydroxyl groups excluding tert-OH is 26. The monoisotopic (exact) mass is 1890 g/mol. The number of ether oxygens (including phenoxy) is 15. The maximum absolute atomic E-state index is 14.5. The van der Waals surface area contributed by atoms with Crippen LogP contribution >= 0.6 is 0 Å². The van der Waals surface area contributed by atoms with Gasteiger partial charge in [-0.1, -0.05) is 0 Å². The summed E-state index contributed by atoms with van der Waals surface area (Å²) in [6.45, 7) is -9.83. The molecular formula is C70H113N5O54. The molecule has 0 radical (unpaired) electrons. The molecule has 59 heteroatoms. The lowest BCUT2D eigenvalue weighted by Crippen LogP contribution is -2.73. The average molecular weight is 1890 g/mol. The van der Waals surface area contributed by atoms with E-state index in [0.717, 1.165) is 20.8 Å². The maximum atomic E-state index is 14.5. The summed E-state index contributed by atoms with van der Waals surface area (Å²) in [4.78, 5) is 120. The second kappa shape index (κ2) is 45.3. The smallest absolute Gasteiger partial charge is 0.364 e. The fraction of sp³-hybridized carbons (Fsp3) is 0.871. The first-order valence-corrected chi connectivity index (χ1v) is 39.8. The Morgan fingerprint density at radius 3 is 1.10 bits per heavy atom. The zero-order valence-electron chi connectivity index (χ0n) is 68.5. The molecular weight excluding hydrogens is 1770 g/mol. The van der Waals surface area contributed by atoms with Crippen molar-refractivity contribution >= 4 is 53.4 Å². The number of hydrogen-bond acceptors (Lipinski definition) is 50. The summed E-state index contributed by atoms with van der Waals surface area (Å²) in [6.07, 6.45) is -95.0. The molecule has 0 aromatic rings. The number of rotatable bonds is 40. The molecule has 0 saturated carbocycles. The summed E-state index contributed by atoms with van der Waals surface area (Å²) in [5, 5.41) is 346. The normalized spacial score (nSPS) is 42.3. The molecule has 8 saturated heterocycles. The van der Waals surface area contributed by atoms with Crippen LogP contribution in [0.1, 0.15) is 53.4 Å². The number of carboxylic acid groups (broad SMARTS) is 4. The molecule has 8 aliphatic rings. The van der Waals surface area contributed by atoms with Crippen molar-refractivity contribution in [3.63, 3.8) is 0 Å². The van der Waals surface area contributed by atoms with Crippen molar-refractivity contribution < 1.29 is 267 Å². The minimum atomic E-state index is -3.93. The van der Waals surface area contributed by atoms with Gasteiger partial charge >= 0.3 is 23.9 Å². The van der Waals surface area contributed by atoms with E-state index in [1.807, 2.05) is 5.32 Å². The molecule has 44 atom stereocenters. The first-order chi connectivity index (χ1) is 60.4. The fourth-order valence-corrected chi connectivity index (χ4v) is 16.2. The Labute approximate surface area is 726 Å². The number of carboxylic acids is 4. The van der Waals surface area contributed by atoms with Crippen LogP contribution in [-0.4, -0.2) is 534 Å². The number of carbonyl (C=O) groups is 9. The number of aliphatic carboxylic acids is 4. The third-order valence-corrected chi connectivity index (χ3v) is 22.7. The van der Waals surface area contributed by atoms with Gasteiger partial charge in [0.25, 0.3) is 23.1 Å². The van der Waals surface area contributed by atoms with Crippen LogP contribution in [0.25, 0.3) is 0 Å². The van der Waals surface area contributed by atoms with Gasteiger partial charge in [0.15, 0.2) is 25.2 Å². The standard InChI is InChI=1S/C70H113N5O54/c1-18(84)71-35-22(88)5-67(63(107)108,124-53(35)40(96)26(92)9-76)115-17-33-45(101)52(122-61-48(104)57(43(99)29(12-79)117-61)128-69(65(111)112)8-25(91)38(75-34(95)16-83)55(126-69)42(98)28(94)11-78)39(74-21(4)87)60(119-33)121-51-32(15-82)118-62(120-50-31(14-81)116-59(106)47(103)46(50)102)49(105)58(51)129-70(66(113)114)7-24(90)37(73-20(3)86)56(127-70)44(100)30(13-80)123-68(64(109)110)6-23(89)36(72-19(2)85)54(125-68)41(97)27(93)10-77/h22-33,35-62,76-83,88-94,96-106H,5-17H2,1-4H3,(H,71,84)(H,72,85)(H,73,86)(H,74,87)(H,75,95)(H,107,108)(H,109,110)(H,111,112)(H,113,114)/t22-,23-,24-,25-,26+,27+,28+,29+,30+,31+,32+,33+,35+,36+,37+,38+,39+,40+,41+,42+,43-,44+,45-,46+,47+,48+,49+,50+,51-,52+,53+,54+,55+,56+,57-,58+,59+,60-,61-,62-,67+,68+,69-,70-/m0/s1. The van der Waals surface area contributed by atoms with E-state index in [9.17, 15) is 196 Å². The highest BCUT2D eigenvalue weighted by Crippen LogP contribution is 2.45. The zero-order valence-corrected chi connectivity index (χ0v) is 68.5. The summed E-state index contributed by atoms with van der Waals surface area (Å²) in [5.74, 6) is -29.8. The van der Waals surface area contributed by atoms with Crippen molar-refractivity contribution in [3.05, 3.63) is 0 Å². The van der Waals surface area contributed by atoms with E-state index in [1.54, 1.807) is 0 Å². The lowest BCUT2D eigenvalue weighted by atomic mass is 9.87. The molecule has 0 aromatic carbocycles. The summed E-state index contributed by atoms with van der Waals surface area (Å²) in [5.41, 5.74) is 0.